The van der Waals surface area contributed by atoms with Gasteiger partial charge in [0.1, 0.15) is 5.75 Å². The summed E-state index contributed by atoms with van der Waals surface area (Å²) in [5, 5.41) is 7.87. The lowest BCUT2D eigenvalue weighted by molar-refractivity contribution is -0.171. The van der Waals surface area contributed by atoms with E-state index in [2.05, 4.69) is 25.3 Å². The van der Waals surface area contributed by atoms with E-state index in [1.54, 1.807) is 12.1 Å². The van der Waals surface area contributed by atoms with E-state index in [0.717, 1.165) is 74.7 Å². The van der Waals surface area contributed by atoms with Crippen molar-refractivity contribution in [3.8, 4) is 5.75 Å². The fourth-order valence-corrected chi connectivity index (χ4v) is 5.66. The summed E-state index contributed by atoms with van der Waals surface area (Å²) >= 11 is 13.0. The van der Waals surface area contributed by atoms with E-state index in [0.29, 0.717) is 18.1 Å². The van der Waals surface area contributed by atoms with Crippen LogP contribution in [0, 0.1) is 0 Å². The number of nitrogens with zero attached hydrogens (tertiary/aromatic N) is 3. The van der Waals surface area contributed by atoms with Crippen molar-refractivity contribution >= 4 is 70.1 Å². The van der Waals surface area contributed by atoms with Gasteiger partial charge in [-0.2, -0.15) is 0 Å². The Morgan fingerprint density at radius 3 is 2.39 bits per heavy atom. The fourth-order valence-electron chi connectivity index (χ4n) is 5.17. The van der Waals surface area contributed by atoms with Crippen LogP contribution in [0.2, 0.25) is 10.0 Å². The summed E-state index contributed by atoms with van der Waals surface area (Å²) < 4.78 is 5.90. The number of hydroxylamine groups is 2. The number of anilines is 3. The second-order valence-corrected chi connectivity index (χ2v) is 11.3. The number of ether oxygens (including phenoxy) is 1. The van der Waals surface area contributed by atoms with Crippen LogP contribution in [-0.4, -0.2) is 79.1 Å². The molecule has 6 amide bonds. The van der Waals surface area contributed by atoms with Gasteiger partial charge in [0, 0.05) is 57.2 Å². The average Bonchev–Trinajstić information content (AvgIpc) is 3.31. The summed E-state index contributed by atoms with van der Waals surface area (Å²) in [6.07, 6.45) is 1.73. The standard InChI is InChI=1S/C29H32Cl2N6O7/c30-26-20(33-28(41)34-29(42)44-37-24(39)9-10-25(37)40)6-7-22(27(26)31)36-14-12-35(13-15-36)11-1-2-16-43-19-5-3-18-4-8-23(38)32-21(18)17-19/h3,5-7,17H,1-2,4,8-16H2,(H,32,38)(H2,33,34,41,42). The van der Waals surface area contributed by atoms with Crippen molar-refractivity contribution in [2.75, 3.05) is 54.9 Å². The molecule has 0 atom stereocenters. The number of fused-ring (bicyclic) bond motifs is 1. The molecule has 3 N–H and O–H groups in total. The molecule has 3 aliphatic heterocycles. The molecule has 5 rings (SSSR count). The highest BCUT2D eigenvalue weighted by molar-refractivity contribution is 6.45. The Hall–Kier alpha value is -4.07. The van der Waals surface area contributed by atoms with E-state index in [9.17, 15) is 24.0 Å². The minimum absolute atomic E-state index is 0.0362. The molecule has 0 saturated carbocycles. The number of amides is 6. The van der Waals surface area contributed by atoms with Gasteiger partial charge in [0.25, 0.3) is 11.8 Å². The average molecular weight is 648 g/mol. The first kappa shape index (κ1) is 31.4. The summed E-state index contributed by atoms with van der Waals surface area (Å²) in [5.74, 6) is -0.537. The number of unbranched alkanes of at least 4 members (excludes halogenated alkanes) is 1. The lowest BCUT2D eigenvalue weighted by Crippen LogP contribution is -2.46. The minimum atomic E-state index is -1.29. The number of nitrogens with one attached hydrogen (secondary N) is 3. The summed E-state index contributed by atoms with van der Waals surface area (Å²) in [6.45, 7) is 4.68. The quantitative estimate of drug-likeness (QED) is 0.269. The van der Waals surface area contributed by atoms with Crippen molar-refractivity contribution in [3.05, 3.63) is 45.9 Å². The van der Waals surface area contributed by atoms with E-state index in [1.165, 1.54) is 0 Å². The van der Waals surface area contributed by atoms with Gasteiger partial charge in [-0.1, -0.05) is 29.3 Å². The lowest BCUT2D eigenvalue weighted by atomic mass is 10.0. The predicted molar refractivity (Wildman–Crippen MR) is 163 cm³/mol. The molecule has 3 aliphatic rings. The van der Waals surface area contributed by atoms with Crippen LogP contribution in [0.1, 0.15) is 37.7 Å². The van der Waals surface area contributed by atoms with E-state index in [-0.39, 0.29) is 34.5 Å². The van der Waals surface area contributed by atoms with Crippen LogP contribution < -0.4 is 25.6 Å². The van der Waals surface area contributed by atoms with Crippen molar-refractivity contribution in [2.24, 2.45) is 0 Å². The summed E-state index contributed by atoms with van der Waals surface area (Å²) in [6, 6.07) is 8.18. The predicted octanol–water partition coefficient (Wildman–Crippen LogP) is 4.18. The summed E-state index contributed by atoms with van der Waals surface area (Å²) in [5.41, 5.74) is 2.86. The number of hydrogen-bond donors (Lipinski definition) is 3. The van der Waals surface area contributed by atoms with Gasteiger partial charge in [0.15, 0.2) is 0 Å². The largest absolute Gasteiger partial charge is 0.494 e. The first-order valence-electron chi connectivity index (χ1n) is 14.3. The molecule has 15 heteroatoms. The molecular weight excluding hydrogens is 615 g/mol. The van der Waals surface area contributed by atoms with E-state index >= 15 is 0 Å². The first-order valence-corrected chi connectivity index (χ1v) is 15.1. The molecule has 2 saturated heterocycles. The SMILES string of the molecule is O=C1CCc2ccc(OCCCCN3CCN(c4ccc(NC(=O)NC(=O)ON5C(=O)CCC5=O)c(Cl)c4Cl)CC3)cc2N1. The third-order valence-corrected chi connectivity index (χ3v) is 8.40. The summed E-state index contributed by atoms with van der Waals surface area (Å²) in [7, 11) is 0. The Bertz CT molecular complexity index is 1450. The molecule has 0 unspecified atom stereocenters. The second-order valence-electron chi connectivity index (χ2n) is 10.6. The van der Waals surface area contributed by atoms with Crippen LogP contribution in [0.15, 0.2) is 30.3 Å². The molecule has 234 valence electrons. The smallest absolute Gasteiger partial charge is 0.440 e. The van der Waals surface area contributed by atoms with E-state index < -0.39 is 23.9 Å². The third kappa shape index (κ3) is 7.71. The molecule has 2 fully saturated rings. The maximum atomic E-state index is 12.3. The Labute approximate surface area is 263 Å². The molecule has 0 radical (unpaired) electrons. The van der Waals surface area contributed by atoms with Gasteiger partial charge in [-0.15, -0.1) is 5.06 Å². The maximum absolute atomic E-state index is 12.3. The molecule has 2 aromatic rings. The summed E-state index contributed by atoms with van der Waals surface area (Å²) in [4.78, 5) is 68.0. The fraction of sp³-hybridized carbons (Fsp3) is 0.414. The number of carbonyl (C=O) groups excluding carboxylic acids is 5. The molecule has 0 aromatic heterocycles. The van der Waals surface area contributed by atoms with Crippen LogP contribution in [0.3, 0.4) is 0 Å². The molecule has 0 bridgehead atoms. The molecule has 0 aliphatic carbocycles. The van der Waals surface area contributed by atoms with Gasteiger partial charge in [0.2, 0.25) is 5.91 Å². The number of urea groups is 1. The molecule has 3 heterocycles. The van der Waals surface area contributed by atoms with Gasteiger partial charge in [-0.25, -0.2) is 14.9 Å². The molecule has 13 nitrogen and oxygen atoms in total. The highest BCUT2D eigenvalue weighted by atomic mass is 35.5. The highest BCUT2D eigenvalue weighted by Crippen LogP contribution is 2.38. The first-order chi connectivity index (χ1) is 21.2. The minimum Gasteiger partial charge on any atom is -0.494 e. The van der Waals surface area contributed by atoms with Gasteiger partial charge in [-0.3, -0.25) is 19.3 Å². The van der Waals surface area contributed by atoms with Crippen molar-refractivity contribution in [1.82, 2.24) is 15.3 Å². The number of rotatable bonds is 9. The van der Waals surface area contributed by atoms with Gasteiger partial charge < -0.3 is 25.1 Å². The van der Waals surface area contributed by atoms with Crippen LogP contribution >= 0.6 is 23.2 Å². The van der Waals surface area contributed by atoms with Crippen LogP contribution in [0.4, 0.5) is 26.7 Å². The number of halogens is 2. The highest BCUT2D eigenvalue weighted by Gasteiger charge is 2.33. The maximum Gasteiger partial charge on any atom is 0.440 e. The van der Waals surface area contributed by atoms with Crippen molar-refractivity contribution in [2.45, 2.75) is 38.5 Å². The molecule has 2 aromatic carbocycles. The number of benzene rings is 2. The van der Waals surface area contributed by atoms with Gasteiger partial charge in [0.05, 0.1) is 28.0 Å². The number of piperazine rings is 1. The number of carbonyl (C=O) groups is 5. The topological polar surface area (TPSA) is 150 Å². The third-order valence-electron chi connectivity index (χ3n) is 7.53. The number of aryl methyl sites for hydroxylation is 1. The Morgan fingerprint density at radius 2 is 1.64 bits per heavy atom. The number of imide groups is 2. The van der Waals surface area contributed by atoms with Crippen molar-refractivity contribution in [1.29, 1.82) is 0 Å². The monoisotopic (exact) mass is 646 g/mol. The van der Waals surface area contributed by atoms with Gasteiger partial charge in [-0.05, 0) is 49.6 Å². The Kier molecular flexibility index (Phi) is 10.1. The Balaban J connectivity index is 1.02. The van der Waals surface area contributed by atoms with E-state index in [4.69, 9.17) is 27.9 Å². The van der Waals surface area contributed by atoms with Gasteiger partial charge >= 0.3 is 12.1 Å². The number of hydrogen-bond acceptors (Lipinski definition) is 9. The molecule has 44 heavy (non-hydrogen) atoms. The van der Waals surface area contributed by atoms with Crippen molar-refractivity contribution in [3.63, 3.8) is 0 Å². The molecule has 0 spiro atoms. The Morgan fingerprint density at radius 1 is 0.886 bits per heavy atom. The zero-order valence-corrected chi connectivity index (χ0v) is 25.3. The normalized spacial score (nSPS) is 16.8. The van der Waals surface area contributed by atoms with Crippen LogP contribution in [-0.2, 0) is 25.6 Å². The van der Waals surface area contributed by atoms with Crippen molar-refractivity contribution < 1.29 is 33.5 Å². The van der Waals surface area contributed by atoms with Crippen LogP contribution in [0.25, 0.3) is 0 Å². The molecular formula is C29H32Cl2N6O7. The van der Waals surface area contributed by atoms with E-state index in [1.807, 2.05) is 23.5 Å². The zero-order chi connectivity index (χ0) is 31.2. The van der Waals surface area contributed by atoms with Crippen LogP contribution in [0.5, 0.6) is 5.75 Å². The lowest BCUT2D eigenvalue weighted by Gasteiger charge is -2.36. The second kappa shape index (κ2) is 14.1. The zero-order valence-electron chi connectivity index (χ0n) is 23.8.